The van der Waals surface area contributed by atoms with Gasteiger partial charge in [-0.15, -0.1) is 0 Å². The molecule has 46 heavy (non-hydrogen) atoms. The first-order valence-corrected chi connectivity index (χ1v) is 18.2. The number of ether oxygens (including phenoxy) is 1. The second-order valence-corrected chi connectivity index (χ2v) is 16.9. The van der Waals surface area contributed by atoms with Gasteiger partial charge in [-0.3, -0.25) is 0 Å². The number of para-hydroxylation sites is 2. The van der Waals surface area contributed by atoms with Gasteiger partial charge in [0.25, 0.3) is 0 Å². The summed E-state index contributed by atoms with van der Waals surface area (Å²) in [5, 5.41) is 10.3. The molecular formula is C40H48N4O2+2. The number of benzene rings is 2. The van der Waals surface area contributed by atoms with Crippen molar-refractivity contribution in [2.75, 3.05) is 63.3 Å². The summed E-state index contributed by atoms with van der Waals surface area (Å²) in [6, 6.07) is 22.9. The average molecular weight is 617 g/mol. The van der Waals surface area contributed by atoms with Crippen molar-refractivity contribution in [1.82, 2.24) is 0 Å². The summed E-state index contributed by atoms with van der Waals surface area (Å²) in [6.07, 6.45) is 12.4. The van der Waals surface area contributed by atoms with Crippen molar-refractivity contribution in [3.8, 4) is 0 Å². The third-order valence-electron chi connectivity index (χ3n) is 15.3. The van der Waals surface area contributed by atoms with E-state index in [0.717, 1.165) is 11.0 Å². The van der Waals surface area contributed by atoms with Crippen molar-refractivity contribution in [2.45, 2.75) is 61.5 Å². The van der Waals surface area contributed by atoms with E-state index in [-0.39, 0.29) is 24.3 Å². The van der Waals surface area contributed by atoms with Gasteiger partial charge in [0.15, 0.2) is 0 Å². The Bertz CT molecular complexity index is 1740. The van der Waals surface area contributed by atoms with Gasteiger partial charge in [-0.2, -0.15) is 0 Å². The van der Waals surface area contributed by atoms with Crippen LogP contribution in [0, 0.1) is 23.7 Å². The summed E-state index contributed by atoms with van der Waals surface area (Å²) in [5.41, 5.74) is 9.23. The zero-order valence-corrected chi connectivity index (χ0v) is 27.3. The quantitative estimate of drug-likeness (QED) is 0.388. The normalized spacial score (nSPS) is 47.8. The monoisotopic (exact) mass is 616 g/mol. The highest BCUT2D eigenvalue weighted by atomic mass is 16.5. The Morgan fingerprint density at radius 1 is 1.00 bits per heavy atom. The molecule has 2 aromatic carbocycles. The Kier molecular flexibility index (Phi) is 5.28. The van der Waals surface area contributed by atoms with Crippen LogP contribution in [0.3, 0.4) is 0 Å². The summed E-state index contributed by atoms with van der Waals surface area (Å²) in [4.78, 5) is 5.69. The molecule has 7 heterocycles. The number of anilines is 2. The molecule has 11 rings (SSSR count). The predicted molar refractivity (Wildman–Crippen MR) is 180 cm³/mol. The van der Waals surface area contributed by atoms with Crippen molar-refractivity contribution >= 4 is 11.4 Å². The van der Waals surface area contributed by atoms with Crippen LogP contribution in [-0.4, -0.2) is 98.0 Å². The van der Waals surface area contributed by atoms with Gasteiger partial charge in [0.1, 0.15) is 25.4 Å². The maximum Gasteiger partial charge on any atom is 0.136 e. The number of nitrogens with zero attached hydrogens (tertiary/aromatic N) is 4. The molecule has 2 aromatic rings. The van der Waals surface area contributed by atoms with Crippen LogP contribution < -0.4 is 9.80 Å². The molecule has 0 amide bonds. The Hall–Kier alpha value is -2.90. The second kappa shape index (κ2) is 8.96. The fraction of sp³-hybridized carbons (Fsp3) is 0.550. The zero-order valence-electron chi connectivity index (χ0n) is 27.3. The summed E-state index contributed by atoms with van der Waals surface area (Å²) in [6.45, 7) is 5.57. The summed E-state index contributed by atoms with van der Waals surface area (Å²) >= 11 is 0. The zero-order chi connectivity index (χ0) is 30.6. The molecule has 0 radical (unpaired) electrons. The molecule has 6 heteroatoms. The average Bonchev–Trinajstić information content (AvgIpc) is 3.63. The molecule has 6 fully saturated rings. The highest BCUT2D eigenvalue weighted by Crippen LogP contribution is 2.67. The van der Waals surface area contributed by atoms with E-state index < -0.39 is 0 Å². The molecule has 1 spiro atoms. The summed E-state index contributed by atoms with van der Waals surface area (Å²) < 4.78 is 9.67. The first-order valence-electron chi connectivity index (χ1n) is 18.2. The van der Waals surface area contributed by atoms with Crippen molar-refractivity contribution in [2.24, 2.45) is 23.7 Å². The molecule has 4 saturated heterocycles. The molecule has 12 unspecified atom stereocenters. The maximum absolute atomic E-state index is 10.3. The number of aliphatic hydroxyl groups is 1. The molecule has 6 nitrogen and oxygen atoms in total. The van der Waals surface area contributed by atoms with Gasteiger partial charge in [-0.25, -0.2) is 0 Å². The van der Waals surface area contributed by atoms with Crippen molar-refractivity contribution in [3.05, 3.63) is 95.2 Å². The van der Waals surface area contributed by atoms with Crippen LogP contribution in [0.1, 0.15) is 31.2 Å². The summed E-state index contributed by atoms with van der Waals surface area (Å²) in [7, 11) is 5.08. The van der Waals surface area contributed by atoms with Crippen LogP contribution in [0.25, 0.3) is 0 Å². The number of quaternary nitrogens is 2. The number of aliphatic hydroxyl groups excluding tert-OH is 1. The molecular weight excluding hydrogens is 568 g/mol. The minimum Gasteiger partial charge on any atom is -0.392 e. The predicted octanol–water partition coefficient (Wildman–Crippen LogP) is 4.82. The standard InChI is InChI=1S/C40H48N4O2/c1-43-16-12-28-34(43)20-29(25(23-43)13-18-45)31-22-41-33-11-7-6-10-32(33)40-15-17-44(2)24-26-14-19-46-39(36(38(40)41)30(26)21-35(40)44)42(37(28)31)27-8-4-3-5-9-27/h3-11,13-14,22,28-30,34-39,45H,12,15-21,23-24H2,1-2H3/q+2. The smallest absolute Gasteiger partial charge is 0.136 e. The van der Waals surface area contributed by atoms with E-state index >= 15 is 0 Å². The van der Waals surface area contributed by atoms with Gasteiger partial charge in [0.2, 0.25) is 0 Å². The SMILES string of the molecule is C[N+]12CCC3C4C(=CN5c6ccccc6C67CC[N+]8(C)CC9=CCOC(C(C9CC68)C57)N4c4ccccc4)C(CC31)C(=CCO)C2. The number of rotatable bonds is 2. The van der Waals surface area contributed by atoms with E-state index in [1.54, 1.807) is 16.7 Å². The number of hydrogen-bond donors (Lipinski definition) is 1. The number of piperidine rings is 2. The molecule has 4 bridgehead atoms. The highest BCUT2D eigenvalue weighted by Gasteiger charge is 2.75. The molecule has 7 aliphatic heterocycles. The fourth-order valence-electron chi connectivity index (χ4n) is 13.8. The van der Waals surface area contributed by atoms with Crippen molar-refractivity contribution < 1.29 is 18.8 Å². The van der Waals surface area contributed by atoms with Gasteiger partial charge in [-0.05, 0) is 40.5 Å². The molecule has 1 N–H and O–H groups in total. The van der Waals surface area contributed by atoms with E-state index in [0.29, 0.717) is 48.4 Å². The largest absolute Gasteiger partial charge is 0.392 e. The number of hydrogen-bond acceptors (Lipinski definition) is 4. The topological polar surface area (TPSA) is 35.9 Å². The highest BCUT2D eigenvalue weighted by molar-refractivity contribution is 5.70. The fourth-order valence-corrected chi connectivity index (χ4v) is 13.8. The Morgan fingerprint density at radius 3 is 2.72 bits per heavy atom. The van der Waals surface area contributed by atoms with E-state index in [9.17, 15) is 5.11 Å². The lowest BCUT2D eigenvalue weighted by Gasteiger charge is -2.62. The van der Waals surface area contributed by atoms with Crippen LogP contribution in [0.2, 0.25) is 0 Å². The van der Waals surface area contributed by atoms with Gasteiger partial charge < -0.3 is 28.6 Å². The van der Waals surface area contributed by atoms with Crippen LogP contribution in [0.4, 0.5) is 11.4 Å². The minimum atomic E-state index is 0.00963. The first-order chi connectivity index (χ1) is 22.5. The van der Waals surface area contributed by atoms with Crippen molar-refractivity contribution in [1.29, 1.82) is 0 Å². The minimum absolute atomic E-state index is 0.00963. The lowest BCUT2D eigenvalue weighted by atomic mass is 9.54. The Balaban J connectivity index is 1.22. The molecule has 2 saturated carbocycles. The second-order valence-electron chi connectivity index (χ2n) is 16.9. The number of likely N-dealkylation sites (N-methyl/N-ethyl adjacent to an activating group) is 2. The molecule has 9 aliphatic rings. The third-order valence-corrected chi connectivity index (χ3v) is 15.3. The third kappa shape index (κ3) is 3.10. The van der Waals surface area contributed by atoms with Crippen LogP contribution in [-0.2, 0) is 10.2 Å². The number of fused-ring (bicyclic) bond motifs is 6. The first kappa shape index (κ1) is 27.1. The van der Waals surface area contributed by atoms with E-state index in [2.05, 4.69) is 96.8 Å². The van der Waals surface area contributed by atoms with Gasteiger partial charge in [0, 0.05) is 66.9 Å². The van der Waals surface area contributed by atoms with E-state index in [1.807, 2.05) is 0 Å². The van der Waals surface area contributed by atoms with Gasteiger partial charge in [0.05, 0.1) is 63.9 Å². The lowest BCUT2D eigenvalue weighted by molar-refractivity contribution is -0.925. The van der Waals surface area contributed by atoms with E-state index in [1.165, 1.54) is 66.7 Å². The van der Waals surface area contributed by atoms with Crippen LogP contribution >= 0.6 is 0 Å². The van der Waals surface area contributed by atoms with Gasteiger partial charge >= 0.3 is 0 Å². The Labute approximate surface area is 273 Å². The Morgan fingerprint density at radius 2 is 1.85 bits per heavy atom. The van der Waals surface area contributed by atoms with Crippen LogP contribution in [0.5, 0.6) is 0 Å². The summed E-state index contributed by atoms with van der Waals surface area (Å²) in [5.74, 6) is 1.88. The molecule has 12 atom stereocenters. The van der Waals surface area contributed by atoms with E-state index in [4.69, 9.17) is 4.74 Å². The van der Waals surface area contributed by atoms with Gasteiger partial charge in [-0.1, -0.05) is 48.6 Å². The van der Waals surface area contributed by atoms with Crippen LogP contribution in [0.15, 0.2) is 89.7 Å². The molecule has 238 valence electrons. The maximum atomic E-state index is 10.3. The van der Waals surface area contributed by atoms with Crippen molar-refractivity contribution in [3.63, 3.8) is 0 Å². The lowest BCUT2D eigenvalue weighted by Crippen LogP contribution is -2.72. The molecule has 2 aliphatic carbocycles. The molecule has 0 aromatic heterocycles.